The summed E-state index contributed by atoms with van der Waals surface area (Å²) in [6, 6.07) is 11.7. The number of hydrogen-bond acceptors (Lipinski definition) is 4. The number of rotatable bonds is 4. The SMILES string of the molecule is COc1ccccc1/C(O)=C1/C(=O)C(=O)N(C2CCCCC2)C1c1ccc(F)cc1. The van der Waals surface area contributed by atoms with Gasteiger partial charge >= 0.3 is 0 Å². The molecule has 0 bridgehead atoms. The van der Waals surface area contributed by atoms with Crippen molar-refractivity contribution in [1.29, 1.82) is 0 Å². The molecule has 2 aliphatic rings. The van der Waals surface area contributed by atoms with E-state index in [2.05, 4.69) is 0 Å². The van der Waals surface area contributed by atoms with Gasteiger partial charge in [0.1, 0.15) is 17.3 Å². The molecule has 2 fully saturated rings. The van der Waals surface area contributed by atoms with Crippen molar-refractivity contribution in [2.75, 3.05) is 7.11 Å². The van der Waals surface area contributed by atoms with Gasteiger partial charge in [0.2, 0.25) is 0 Å². The van der Waals surface area contributed by atoms with Gasteiger partial charge in [-0.05, 0) is 42.7 Å². The first-order valence-electron chi connectivity index (χ1n) is 10.2. The summed E-state index contributed by atoms with van der Waals surface area (Å²) in [4.78, 5) is 27.8. The lowest BCUT2D eigenvalue weighted by Crippen LogP contribution is -2.40. The average Bonchev–Trinajstić information content (AvgIpc) is 3.05. The van der Waals surface area contributed by atoms with Gasteiger partial charge in [-0.2, -0.15) is 0 Å². The van der Waals surface area contributed by atoms with Crippen molar-refractivity contribution in [3.8, 4) is 5.75 Å². The lowest BCUT2D eigenvalue weighted by Gasteiger charge is -2.35. The van der Waals surface area contributed by atoms with Crippen molar-refractivity contribution in [3.63, 3.8) is 0 Å². The Hall–Kier alpha value is -3.15. The molecule has 0 spiro atoms. The predicted octanol–water partition coefficient (Wildman–Crippen LogP) is 4.59. The van der Waals surface area contributed by atoms with Crippen LogP contribution in [0.25, 0.3) is 5.76 Å². The first-order valence-corrected chi connectivity index (χ1v) is 10.2. The van der Waals surface area contributed by atoms with E-state index >= 15 is 0 Å². The van der Waals surface area contributed by atoms with Gasteiger partial charge in [0.25, 0.3) is 11.7 Å². The molecular weight excluding hydrogens is 385 g/mol. The van der Waals surface area contributed by atoms with Gasteiger partial charge in [0, 0.05) is 6.04 Å². The summed E-state index contributed by atoms with van der Waals surface area (Å²) in [7, 11) is 1.48. The number of hydrogen-bond donors (Lipinski definition) is 1. The molecule has 5 nitrogen and oxygen atoms in total. The first kappa shape index (κ1) is 20.1. The Morgan fingerprint density at radius 3 is 2.37 bits per heavy atom. The summed E-state index contributed by atoms with van der Waals surface area (Å²) < 4.78 is 18.9. The molecule has 1 atom stereocenters. The van der Waals surface area contributed by atoms with E-state index in [-0.39, 0.29) is 17.4 Å². The minimum Gasteiger partial charge on any atom is -0.507 e. The minimum atomic E-state index is -0.765. The van der Waals surface area contributed by atoms with Crippen molar-refractivity contribution in [1.82, 2.24) is 4.90 Å². The number of carbonyl (C=O) groups excluding carboxylic acids is 2. The number of likely N-dealkylation sites (tertiary alicyclic amines) is 1. The fourth-order valence-corrected chi connectivity index (χ4v) is 4.54. The fourth-order valence-electron chi connectivity index (χ4n) is 4.54. The molecule has 6 heteroatoms. The molecule has 0 aromatic heterocycles. The van der Waals surface area contributed by atoms with E-state index in [1.54, 1.807) is 41.3 Å². The maximum absolute atomic E-state index is 13.6. The Morgan fingerprint density at radius 1 is 1.03 bits per heavy atom. The predicted molar refractivity (Wildman–Crippen MR) is 110 cm³/mol. The van der Waals surface area contributed by atoms with Crippen LogP contribution in [0.1, 0.15) is 49.3 Å². The van der Waals surface area contributed by atoms with Gasteiger partial charge in [0.05, 0.1) is 24.3 Å². The molecule has 1 heterocycles. The molecular formula is C24H24FNO4. The number of benzene rings is 2. The molecule has 1 aliphatic heterocycles. The van der Waals surface area contributed by atoms with Gasteiger partial charge in [-0.3, -0.25) is 9.59 Å². The maximum Gasteiger partial charge on any atom is 0.295 e. The van der Waals surface area contributed by atoms with E-state index in [1.165, 1.54) is 19.2 Å². The number of ketones is 1. The summed E-state index contributed by atoms with van der Waals surface area (Å²) in [5, 5.41) is 11.1. The summed E-state index contributed by atoms with van der Waals surface area (Å²) in [6.45, 7) is 0. The number of methoxy groups -OCH3 is 1. The fraction of sp³-hybridized carbons (Fsp3) is 0.333. The normalized spacial score (nSPS) is 21.8. The van der Waals surface area contributed by atoms with Crippen LogP contribution in [-0.4, -0.2) is 34.8 Å². The van der Waals surface area contributed by atoms with Gasteiger partial charge in [0.15, 0.2) is 0 Å². The quantitative estimate of drug-likeness (QED) is 0.456. The number of para-hydroxylation sites is 1. The van der Waals surface area contributed by atoms with Crippen molar-refractivity contribution in [2.24, 2.45) is 0 Å². The van der Waals surface area contributed by atoms with Crippen LogP contribution >= 0.6 is 0 Å². The number of amides is 1. The van der Waals surface area contributed by atoms with Crippen LogP contribution in [0.3, 0.4) is 0 Å². The zero-order valence-corrected chi connectivity index (χ0v) is 16.8. The Balaban J connectivity index is 1.89. The largest absolute Gasteiger partial charge is 0.507 e. The van der Waals surface area contributed by atoms with E-state index < -0.39 is 23.5 Å². The number of Topliss-reactive ketones (excluding diaryl/α,β-unsaturated/α-hetero) is 1. The number of aliphatic hydroxyl groups excluding tert-OH is 1. The molecule has 1 aliphatic carbocycles. The Morgan fingerprint density at radius 2 is 1.70 bits per heavy atom. The molecule has 0 radical (unpaired) electrons. The van der Waals surface area contributed by atoms with Crippen molar-refractivity contribution in [2.45, 2.75) is 44.2 Å². The number of nitrogens with zero attached hydrogens (tertiary/aromatic N) is 1. The summed E-state index contributed by atoms with van der Waals surface area (Å²) >= 11 is 0. The minimum absolute atomic E-state index is 0.0154. The Kier molecular flexibility index (Phi) is 5.57. The topological polar surface area (TPSA) is 66.8 Å². The van der Waals surface area contributed by atoms with E-state index in [4.69, 9.17) is 4.74 Å². The standard InChI is InChI=1S/C24H24FNO4/c1-30-19-10-6-5-9-18(19)22(27)20-21(15-11-13-16(25)14-12-15)26(24(29)23(20)28)17-7-3-2-4-8-17/h5-6,9-14,17,21,27H,2-4,7-8H2,1H3/b22-20-. The second-order valence-corrected chi connectivity index (χ2v) is 7.75. The van der Waals surface area contributed by atoms with Crippen LogP contribution in [0, 0.1) is 5.82 Å². The number of halogens is 1. The van der Waals surface area contributed by atoms with Gasteiger partial charge in [-0.25, -0.2) is 4.39 Å². The molecule has 156 valence electrons. The lowest BCUT2D eigenvalue weighted by atomic mass is 9.91. The second-order valence-electron chi connectivity index (χ2n) is 7.75. The third-order valence-electron chi connectivity index (χ3n) is 6.00. The Labute approximate surface area is 174 Å². The Bertz CT molecular complexity index is 993. The van der Waals surface area contributed by atoms with E-state index in [0.29, 0.717) is 16.9 Å². The zero-order chi connectivity index (χ0) is 21.3. The van der Waals surface area contributed by atoms with E-state index in [0.717, 1.165) is 32.1 Å². The summed E-state index contributed by atoms with van der Waals surface area (Å²) in [5.74, 6) is -1.63. The van der Waals surface area contributed by atoms with Crippen LogP contribution in [-0.2, 0) is 9.59 Å². The molecule has 30 heavy (non-hydrogen) atoms. The highest BCUT2D eigenvalue weighted by atomic mass is 19.1. The molecule has 2 aromatic carbocycles. The molecule has 1 saturated carbocycles. The zero-order valence-electron chi connectivity index (χ0n) is 16.8. The second kappa shape index (κ2) is 8.30. The van der Waals surface area contributed by atoms with Gasteiger partial charge in [-0.1, -0.05) is 43.5 Å². The van der Waals surface area contributed by atoms with Crippen molar-refractivity contribution in [3.05, 3.63) is 71.0 Å². The van der Waals surface area contributed by atoms with Crippen LogP contribution < -0.4 is 4.74 Å². The third-order valence-corrected chi connectivity index (χ3v) is 6.00. The molecule has 1 amide bonds. The van der Waals surface area contributed by atoms with E-state index in [9.17, 15) is 19.1 Å². The van der Waals surface area contributed by atoms with Crippen LogP contribution in [0.5, 0.6) is 5.75 Å². The van der Waals surface area contributed by atoms with Crippen molar-refractivity contribution < 1.29 is 23.8 Å². The monoisotopic (exact) mass is 409 g/mol. The van der Waals surface area contributed by atoms with Crippen LogP contribution in [0.4, 0.5) is 4.39 Å². The van der Waals surface area contributed by atoms with Gasteiger partial charge in [-0.15, -0.1) is 0 Å². The highest BCUT2D eigenvalue weighted by Crippen LogP contribution is 2.43. The number of aliphatic hydroxyl groups is 1. The third kappa shape index (κ3) is 3.47. The average molecular weight is 409 g/mol. The van der Waals surface area contributed by atoms with E-state index in [1.807, 2.05) is 0 Å². The molecule has 2 aromatic rings. The highest BCUT2D eigenvalue weighted by molar-refractivity contribution is 6.46. The summed E-state index contributed by atoms with van der Waals surface area (Å²) in [5.41, 5.74) is 0.952. The van der Waals surface area contributed by atoms with Crippen LogP contribution in [0.15, 0.2) is 54.1 Å². The van der Waals surface area contributed by atoms with Crippen molar-refractivity contribution >= 4 is 17.4 Å². The molecule has 1 unspecified atom stereocenters. The van der Waals surface area contributed by atoms with Crippen LogP contribution in [0.2, 0.25) is 0 Å². The lowest BCUT2D eigenvalue weighted by molar-refractivity contribution is -0.141. The molecule has 4 rings (SSSR count). The maximum atomic E-state index is 13.6. The number of carbonyl (C=O) groups is 2. The molecule has 1 saturated heterocycles. The summed E-state index contributed by atoms with van der Waals surface area (Å²) in [6.07, 6.45) is 4.67. The first-order chi connectivity index (χ1) is 14.5. The molecule has 1 N–H and O–H groups in total. The van der Waals surface area contributed by atoms with Gasteiger partial charge < -0.3 is 14.7 Å². The highest BCUT2D eigenvalue weighted by Gasteiger charge is 2.49. The number of ether oxygens (including phenoxy) is 1. The smallest absolute Gasteiger partial charge is 0.295 e.